The first-order valence-electron chi connectivity index (χ1n) is 21.7. The maximum atomic E-state index is 9.86. The van der Waals surface area contributed by atoms with Crippen molar-refractivity contribution in [2.45, 2.75) is 0 Å². The molecule has 0 radical (unpaired) electrons. The highest BCUT2D eigenvalue weighted by molar-refractivity contribution is 7.25. The number of aromatic nitrogens is 4. The van der Waals surface area contributed by atoms with Gasteiger partial charge in [0.1, 0.15) is 0 Å². The number of thiophene rings is 1. The van der Waals surface area contributed by atoms with E-state index in [0.717, 1.165) is 42.4 Å². The molecule has 0 saturated heterocycles. The first-order chi connectivity index (χ1) is 30.7. The Labute approximate surface area is 337 Å². The van der Waals surface area contributed by atoms with E-state index in [0.29, 0.717) is 28.5 Å². The van der Waals surface area contributed by atoms with Gasteiger partial charge in [-0.15, -0.1) is 11.3 Å². The van der Waals surface area contributed by atoms with Gasteiger partial charge in [-0.1, -0.05) is 146 Å². The third-order valence-electron chi connectivity index (χ3n) is 10.1. The van der Waals surface area contributed by atoms with Gasteiger partial charge in [0.15, 0.2) is 17.5 Å². The molecule has 0 bridgehead atoms. The first-order valence-corrected chi connectivity index (χ1v) is 19.0. The minimum Gasteiger partial charge on any atom is -0.309 e. The van der Waals surface area contributed by atoms with Crippen LogP contribution in [-0.4, -0.2) is 19.5 Å². The van der Waals surface area contributed by atoms with Gasteiger partial charge in [0.05, 0.1) is 20.6 Å². The minimum atomic E-state index is -0.462. The van der Waals surface area contributed by atoms with Gasteiger partial charge < -0.3 is 4.57 Å². The van der Waals surface area contributed by atoms with Gasteiger partial charge in [0.2, 0.25) is 0 Å². The molecule has 0 fully saturated rings. The van der Waals surface area contributed by atoms with E-state index in [9.17, 15) is 6.85 Å². The maximum absolute atomic E-state index is 9.86. The fourth-order valence-electron chi connectivity index (χ4n) is 7.38. The Hall–Kier alpha value is -7.21. The summed E-state index contributed by atoms with van der Waals surface area (Å²) in [6, 6.07) is 47.1. The number of benzene rings is 8. The Balaban J connectivity index is 1.15. The fraction of sp³-hybridized carbons (Fsp3) is 0. The molecule has 11 aromatic rings. The molecule has 4 nitrogen and oxygen atoms in total. The molecule has 5 heteroatoms. The Kier molecular flexibility index (Phi) is 6.10. The van der Waals surface area contributed by atoms with Gasteiger partial charge in [-0.25, -0.2) is 15.0 Å². The molecule has 0 unspecified atom stereocenters. The molecular weight excluding hydrogens is 701 g/mol. The number of hydrogen-bond acceptors (Lipinski definition) is 4. The van der Waals surface area contributed by atoms with Gasteiger partial charge in [-0.3, -0.25) is 0 Å². The zero-order valence-electron chi connectivity index (χ0n) is 36.6. The highest BCUT2D eigenvalue weighted by Crippen LogP contribution is 2.40. The average Bonchev–Trinajstić information content (AvgIpc) is 3.89. The molecule has 11 rings (SSSR count). The average molecular weight is 740 g/mol. The van der Waals surface area contributed by atoms with E-state index in [1.807, 2.05) is 121 Å². The predicted molar refractivity (Wildman–Crippen MR) is 234 cm³/mol. The van der Waals surface area contributed by atoms with Crippen LogP contribution in [0.15, 0.2) is 194 Å². The molecule has 0 spiro atoms. The van der Waals surface area contributed by atoms with Crippen molar-refractivity contribution in [1.82, 2.24) is 19.5 Å². The summed E-state index contributed by atoms with van der Waals surface area (Å²) in [5.41, 5.74) is 6.35. The molecule has 0 aliphatic carbocycles. The van der Waals surface area contributed by atoms with E-state index >= 15 is 0 Å². The number of fused-ring (bicyclic) bond motifs is 6. The normalized spacial score (nSPS) is 13.3. The van der Waals surface area contributed by atoms with E-state index in [-0.39, 0.29) is 63.4 Å². The van der Waals surface area contributed by atoms with Crippen molar-refractivity contribution in [2.24, 2.45) is 0 Å². The number of nitrogens with zero attached hydrogens (tertiary/aromatic N) is 4. The molecule has 56 heavy (non-hydrogen) atoms. The van der Waals surface area contributed by atoms with Gasteiger partial charge in [-0.2, -0.15) is 0 Å². The Bertz CT molecular complexity index is 3630. The quantitative estimate of drug-likeness (QED) is 0.171. The molecular formula is C51H32N4S. The van der Waals surface area contributed by atoms with E-state index in [1.165, 1.54) is 0 Å². The predicted octanol–water partition coefficient (Wildman–Crippen LogP) is 13.7. The van der Waals surface area contributed by atoms with E-state index in [4.69, 9.17) is 17.7 Å². The van der Waals surface area contributed by atoms with Crippen molar-refractivity contribution >= 4 is 53.3 Å². The number of rotatable bonds is 6. The van der Waals surface area contributed by atoms with Crippen LogP contribution in [0.2, 0.25) is 0 Å². The Morgan fingerprint density at radius 2 is 0.946 bits per heavy atom. The van der Waals surface area contributed by atoms with Gasteiger partial charge in [-0.05, 0) is 70.7 Å². The van der Waals surface area contributed by atoms with Crippen LogP contribution in [0, 0.1) is 0 Å². The zero-order chi connectivity index (χ0) is 43.1. The lowest BCUT2D eigenvalue weighted by Crippen LogP contribution is -2.00. The van der Waals surface area contributed by atoms with Crippen LogP contribution in [0.1, 0.15) is 9.60 Å². The van der Waals surface area contributed by atoms with Crippen LogP contribution in [-0.2, 0) is 0 Å². The van der Waals surface area contributed by atoms with E-state index in [2.05, 4.69) is 30.3 Å². The van der Waals surface area contributed by atoms with Gasteiger partial charge in [0, 0.05) is 53.3 Å². The standard InChI is InChI=1S/C51H32N4S/c1-4-12-33(13-5-1)35-20-22-37(23-21-35)50-52-49(36-16-8-3-9-17-36)53-51(54-50)39-24-28-46-43(31-39)41-18-10-11-19-45(41)55(46)40-26-27-42-44-30-38(34-14-6-2-7-15-34)25-29-47(44)56-48(42)32-40/h1-32H/i10D,11D,18D,19D,24D,28D,31D. The lowest BCUT2D eigenvalue weighted by molar-refractivity contribution is 1.07. The second-order valence-electron chi connectivity index (χ2n) is 13.5. The molecule has 262 valence electrons. The first kappa shape index (κ1) is 25.7. The topological polar surface area (TPSA) is 43.6 Å². The van der Waals surface area contributed by atoms with Crippen molar-refractivity contribution in [3.63, 3.8) is 0 Å². The summed E-state index contributed by atoms with van der Waals surface area (Å²) in [6.07, 6.45) is 0. The second kappa shape index (κ2) is 13.3. The molecule has 3 heterocycles. The van der Waals surface area contributed by atoms with Crippen LogP contribution >= 0.6 is 11.3 Å². The minimum absolute atomic E-state index is 0.000285. The van der Waals surface area contributed by atoms with Crippen LogP contribution in [0.5, 0.6) is 0 Å². The van der Waals surface area contributed by atoms with Crippen molar-refractivity contribution in [3.8, 4) is 62.1 Å². The Morgan fingerprint density at radius 3 is 1.66 bits per heavy atom. The second-order valence-corrected chi connectivity index (χ2v) is 14.6. The molecule has 8 aromatic carbocycles. The maximum Gasteiger partial charge on any atom is 0.164 e. The molecule has 0 N–H and O–H groups in total. The molecule has 3 aromatic heterocycles. The summed E-state index contributed by atoms with van der Waals surface area (Å²) in [7, 11) is 0. The third kappa shape index (κ3) is 5.56. The summed E-state index contributed by atoms with van der Waals surface area (Å²) in [6.45, 7) is 0. The van der Waals surface area contributed by atoms with Crippen molar-refractivity contribution < 1.29 is 9.60 Å². The molecule has 0 aliphatic heterocycles. The smallest absolute Gasteiger partial charge is 0.164 e. The molecule has 0 amide bonds. The van der Waals surface area contributed by atoms with Crippen LogP contribution in [0.25, 0.3) is 104 Å². The summed E-state index contributed by atoms with van der Waals surface area (Å²) in [5, 5.41) is 2.28. The van der Waals surface area contributed by atoms with Crippen LogP contribution in [0.4, 0.5) is 0 Å². The zero-order valence-corrected chi connectivity index (χ0v) is 30.4. The highest BCUT2D eigenvalue weighted by atomic mass is 32.1. The van der Waals surface area contributed by atoms with Gasteiger partial charge in [0.25, 0.3) is 0 Å². The molecule has 0 atom stereocenters. The SMILES string of the molecule is [2H]c1c([2H])c([2H])c2c(c1[2H])c1c([2H])c(-c3nc(-c4ccccc4)nc(-c4ccc(-c5ccccc5)cc4)n3)c([2H])c([2H])c1n2-c1ccc2c(c1)sc1ccc(-c3ccccc3)cc12. The highest BCUT2D eigenvalue weighted by Gasteiger charge is 2.18. The Morgan fingerprint density at radius 1 is 0.393 bits per heavy atom. The monoisotopic (exact) mass is 739 g/mol. The van der Waals surface area contributed by atoms with Crippen LogP contribution < -0.4 is 0 Å². The largest absolute Gasteiger partial charge is 0.309 e. The van der Waals surface area contributed by atoms with Crippen molar-refractivity contribution in [2.75, 3.05) is 0 Å². The van der Waals surface area contributed by atoms with E-state index < -0.39 is 12.1 Å². The number of hydrogen-bond donors (Lipinski definition) is 0. The summed E-state index contributed by atoms with van der Waals surface area (Å²) >= 11 is 1.60. The van der Waals surface area contributed by atoms with Crippen molar-refractivity contribution in [3.05, 3.63) is 194 Å². The van der Waals surface area contributed by atoms with E-state index in [1.54, 1.807) is 15.9 Å². The lowest BCUT2D eigenvalue weighted by Gasteiger charge is -2.10. The fourth-order valence-corrected chi connectivity index (χ4v) is 8.49. The molecule has 0 aliphatic rings. The summed E-state index contributed by atoms with van der Waals surface area (Å²) in [4.78, 5) is 14.5. The van der Waals surface area contributed by atoms with Crippen LogP contribution in [0.3, 0.4) is 0 Å². The third-order valence-corrected chi connectivity index (χ3v) is 11.3. The number of para-hydroxylation sites is 1. The summed E-state index contributed by atoms with van der Waals surface area (Å²) in [5.74, 6) is 0.616. The van der Waals surface area contributed by atoms with Gasteiger partial charge >= 0.3 is 0 Å². The summed E-state index contributed by atoms with van der Waals surface area (Å²) < 4.78 is 68.6. The lowest BCUT2D eigenvalue weighted by atomic mass is 10.0. The molecule has 0 saturated carbocycles. The van der Waals surface area contributed by atoms with Crippen molar-refractivity contribution in [1.29, 1.82) is 0 Å².